The molecular formula is C25H33N3O7S2. The second-order valence-electron chi connectivity index (χ2n) is 8.45. The van der Waals surface area contributed by atoms with Crippen molar-refractivity contribution in [2.45, 2.75) is 51.5 Å². The van der Waals surface area contributed by atoms with E-state index >= 15 is 0 Å². The molecule has 0 saturated carbocycles. The third-order valence-electron chi connectivity index (χ3n) is 5.90. The van der Waals surface area contributed by atoms with Gasteiger partial charge in [-0.15, -0.1) is 11.3 Å². The van der Waals surface area contributed by atoms with E-state index in [0.29, 0.717) is 43.9 Å². The first-order valence-corrected chi connectivity index (χ1v) is 14.5. The van der Waals surface area contributed by atoms with Crippen LogP contribution < -0.4 is 5.32 Å². The van der Waals surface area contributed by atoms with Crippen molar-refractivity contribution in [3.63, 3.8) is 0 Å². The van der Waals surface area contributed by atoms with Crippen LogP contribution in [0.15, 0.2) is 29.2 Å². The van der Waals surface area contributed by atoms with Crippen LogP contribution in [0.25, 0.3) is 0 Å². The Bertz CT molecular complexity index is 1230. The molecule has 0 atom stereocenters. The van der Waals surface area contributed by atoms with E-state index in [4.69, 9.17) is 9.47 Å². The summed E-state index contributed by atoms with van der Waals surface area (Å²) in [6.07, 6.45) is 1.39. The molecule has 2 aromatic rings. The van der Waals surface area contributed by atoms with Crippen molar-refractivity contribution >= 4 is 44.3 Å². The van der Waals surface area contributed by atoms with Gasteiger partial charge in [0.05, 0.1) is 30.7 Å². The van der Waals surface area contributed by atoms with Crippen LogP contribution in [0.4, 0.5) is 9.80 Å². The van der Waals surface area contributed by atoms with E-state index in [-0.39, 0.29) is 29.2 Å². The summed E-state index contributed by atoms with van der Waals surface area (Å²) in [5, 5.41) is 3.09. The van der Waals surface area contributed by atoms with Crippen molar-refractivity contribution in [1.29, 1.82) is 0 Å². The van der Waals surface area contributed by atoms with Gasteiger partial charge in [0.1, 0.15) is 5.00 Å². The molecule has 10 nitrogen and oxygen atoms in total. The van der Waals surface area contributed by atoms with Crippen molar-refractivity contribution in [3.05, 3.63) is 45.8 Å². The number of anilines is 1. The predicted molar refractivity (Wildman–Crippen MR) is 141 cm³/mol. The number of carbonyl (C=O) groups is 3. The Labute approximate surface area is 221 Å². The highest BCUT2D eigenvalue weighted by Crippen LogP contribution is 2.38. The van der Waals surface area contributed by atoms with Crippen molar-refractivity contribution < 1.29 is 32.3 Å². The minimum Gasteiger partial charge on any atom is -0.465 e. The number of hydrogen-bond acceptors (Lipinski definition) is 8. The lowest BCUT2D eigenvalue weighted by molar-refractivity contribution is 0.0600. The van der Waals surface area contributed by atoms with E-state index in [9.17, 15) is 22.8 Å². The molecule has 1 aromatic heterocycles. The summed E-state index contributed by atoms with van der Waals surface area (Å²) in [6, 6.07) is 5.74. The zero-order valence-corrected chi connectivity index (χ0v) is 23.2. The smallest absolute Gasteiger partial charge is 0.410 e. The van der Waals surface area contributed by atoms with Crippen LogP contribution in [0.3, 0.4) is 0 Å². The molecular weight excluding hydrogens is 518 g/mol. The van der Waals surface area contributed by atoms with E-state index in [1.807, 2.05) is 13.8 Å². The van der Waals surface area contributed by atoms with E-state index in [2.05, 4.69) is 5.32 Å². The number of sulfonamides is 1. The van der Waals surface area contributed by atoms with Crippen molar-refractivity contribution in [1.82, 2.24) is 9.21 Å². The van der Waals surface area contributed by atoms with Gasteiger partial charge in [-0.3, -0.25) is 4.79 Å². The maximum absolute atomic E-state index is 13.0. The van der Waals surface area contributed by atoms with Crippen molar-refractivity contribution in [2.75, 3.05) is 38.7 Å². The van der Waals surface area contributed by atoms with Crippen LogP contribution in [0.1, 0.15) is 64.8 Å². The number of ether oxygens (including phenoxy) is 2. The Kier molecular flexibility index (Phi) is 9.68. The Morgan fingerprint density at radius 3 is 2.30 bits per heavy atom. The number of nitrogens with one attached hydrogen (secondary N) is 1. The monoisotopic (exact) mass is 551 g/mol. The van der Waals surface area contributed by atoms with E-state index in [1.165, 1.54) is 47.0 Å². The molecule has 0 saturated heterocycles. The summed E-state index contributed by atoms with van der Waals surface area (Å²) in [6.45, 7) is 7.32. The average Bonchev–Trinajstić information content (AvgIpc) is 3.25. The molecule has 0 unspecified atom stereocenters. The minimum absolute atomic E-state index is 0.117. The topological polar surface area (TPSA) is 122 Å². The second kappa shape index (κ2) is 12.5. The summed E-state index contributed by atoms with van der Waals surface area (Å²) in [5.74, 6) is -1.07. The van der Waals surface area contributed by atoms with Crippen LogP contribution in [-0.2, 0) is 32.5 Å². The van der Waals surface area contributed by atoms with Gasteiger partial charge in [0.2, 0.25) is 10.0 Å². The number of rotatable bonds is 10. The van der Waals surface area contributed by atoms with Crippen LogP contribution in [0.2, 0.25) is 0 Å². The van der Waals surface area contributed by atoms with E-state index in [0.717, 1.165) is 10.4 Å². The summed E-state index contributed by atoms with van der Waals surface area (Å²) in [5.41, 5.74) is 1.25. The van der Waals surface area contributed by atoms with Crippen LogP contribution in [0, 0.1) is 0 Å². The van der Waals surface area contributed by atoms with Crippen LogP contribution in [0.5, 0.6) is 0 Å². The Morgan fingerprint density at radius 2 is 1.73 bits per heavy atom. The molecule has 12 heteroatoms. The van der Waals surface area contributed by atoms with Gasteiger partial charge in [-0.1, -0.05) is 13.8 Å². The van der Waals surface area contributed by atoms with Crippen LogP contribution >= 0.6 is 11.3 Å². The molecule has 1 N–H and O–H groups in total. The number of amides is 2. The fourth-order valence-corrected chi connectivity index (χ4v) is 7.00. The number of carbonyl (C=O) groups excluding carboxylic acids is 3. The first-order valence-electron chi connectivity index (χ1n) is 12.2. The summed E-state index contributed by atoms with van der Waals surface area (Å²) in [4.78, 5) is 40.2. The molecule has 0 bridgehead atoms. The average molecular weight is 552 g/mol. The molecule has 2 heterocycles. The lowest BCUT2D eigenvalue weighted by Gasteiger charge is -2.26. The highest BCUT2D eigenvalue weighted by molar-refractivity contribution is 7.89. The van der Waals surface area contributed by atoms with Gasteiger partial charge in [-0.2, -0.15) is 4.31 Å². The second-order valence-corrected chi connectivity index (χ2v) is 11.5. The highest BCUT2D eigenvalue weighted by atomic mass is 32.2. The molecule has 0 fully saturated rings. The van der Waals surface area contributed by atoms with Gasteiger partial charge in [-0.05, 0) is 56.0 Å². The lowest BCUT2D eigenvalue weighted by atomic mass is 10.0. The van der Waals surface area contributed by atoms with Gasteiger partial charge in [0.25, 0.3) is 5.91 Å². The highest BCUT2D eigenvalue weighted by Gasteiger charge is 2.31. The third-order valence-corrected chi connectivity index (χ3v) is 8.94. The minimum atomic E-state index is -3.67. The molecule has 0 aliphatic carbocycles. The maximum atomic E-state index is 13.0. The summed E-state index contributed by atoms with van der Waals surface area (Å²) in [7, 11) is -2.40. The quantitative estimate of drug-likeness (QED) is 0.441. The predicted octanol–water partition coefficient (Wildman–Crippen LogP) is 4.11. The zero-order valence-electron chi connectivity index (χ0n) is 21.5. The van der Waals surface area contributed by atoms with E-state index < -0.39 is 28.0 Å². The normalized spacial score (nSPS) is 13.3. The zero-order chi connectivity index (χ0) is 27.2. The third kappa shape index (κ3) is 6.31. The SMILES string of the molecule is CCCN(CCC)S(=O)(=O)c1ccc(C(=O)Nc2sc3c(c2C(=O)OC)CCN(C(=O)OCC)C3)cc1. The van der Waals surface area contributed by atoms with Gasteiger partial charge in [-0.25, -0.2) is 18.0 Å². The largest absolute Gasteiger partial charge is 0.465 e. The van der Waals surface area contributed by atoms with Gasteiger partial charge < -0.3 is 19.7 Å². The van der Waals surface area contributed by atoms with Crippen molar-refractivity contribution in [2.24, 2.45) is 0 Å². The Morgan fingerprint density at radius 1 is 1.08 bits per heavy atom. The van der Waals surface area contributed by atoms with Crippen molar-refractivity contribution in [3.8, 4) is 0 Å². The molecule has 37 heavy (non-hydrogen) atoms. The first-order chi connectivity index (χ1) is 17.7. The number of benzene rings is 1. The van der Waals surface area contributed by atoms with E-state index in [1.54, 1.807) is 11.8 Å². The lowest BCUT2D eigenvalue weighted by Crippen LogP contribution is -2.36. The number of esters is 1. The fourth-order valence-electron chi connectivity index (χ4n) is 4.13. The summed E-state index contributed by atoms with van der Waals surface area (Å²) < 4.78 is 37.5. The number of methoxy groups -OCH3 is 1. The van der Waals surface area contributed by atoms with Gasteiger partial charge in [0, 0.05) is 30.1 Å². The molecule has 0 radical (unpaired) electrons. The maximum Gasteiger partial charge on any atom is 0.410 e. The number of thiophene rings is 1. The van der Waals surface area contributed by atoms with Gasteiger partial charge in [0.15, 0.2) is 0 Å². The molecule has 1 aromatic carbocycles. The molecule has 0 spiro atoms. The fraction of sp³-hybridized carbons (Fsp3) is 0.480. The summed E-state index contributed by atoms with van der Waals surface area (Å²) >= 11 is 1.21. The molecule has 1 aliphatic heterocycles. The molecule has 2 amide bonds. The van der Waals surface area contributed by atoms with Gasteiger partial charge >= 0.3 is 12.1 Å². The number of nitrogens with zero attached hydrogens (tertiary/aromatic N) is 2. The molecule has 1 aliphatic rings. The number of fused-ring (bicyclic) bond motifs is 1. The first kappa shape index (κ1) is 28.6. The Hall–Kier alpha value is -2.96. The molecule has 202 valence electrons. The van der Waals surface area contributed by atoms with Crippen LogP contribution in [-0.4, -0.2) is 68.9 Å². The number of hydrogen-bond donors (Lipinski definition) is 1. The Balaban J connectivity index is 1.84. The standard InChI is InChI=1S/C25H33N3O7S2/c1-5-13-28(14-6-2)37(32,33)18-10-8-17(9-11-18)22(29)26-23-21(24(30)34-4)19-12-15-27(16-20(19)36-23)25(31)35-7-3/h8-11H,5-7,12-16H2,1-4H3,(H,26,29). The molecule has 3 rings (SSSR count).